The number of rotatable bonds is 7. The number of hydrogen-bond donors (Lipinski definition) is 0. The maximum Gasteiger partial charge on any atom is 0.368 e. The molecule has 0 spiro atoms. The fourth-order valence-electron chi connectivity index (χ4n) is 1.97. The highest BCUT2D eigenvalue weighted by Gasteiger charge is 2.45. The van der Waals surface area contributed by atoms with Gasteiger partial charge in [-0.05, 0) is 33.3 Å². The van der Waals surface area contributed by atoms with Gasteiger partial charge >= 0.3 is 13.6 Å². The van der Waals surface area contributed by atoms with Crippen LogP contribution >= 0.6 is 7.60 Å². The molecule has 0 saturated carbocycles. The standard InChI is InChI=1S/C12H21O5P/c1-5-8-12(4)9-10(11(13)17-12)18(14,15-6-2)16-7-3/h9H,5-8H2,1-4H3. The van der Waals surface area contributed by atoms with E-state index in [0.717, 1.165) is 6.42 Å². The van der Waals surface area contributed by atoms with Crippen LogP contribution in [0.1, 0.15) is 40.5 Å². The molecule has 1 heterocycles. The lowest BCUT2D eigenvalue weighted by molar-refractivity contribution is -0.145. The lowest BCUT2D eigenvalue weighted by Gasteiger charge is -2.19. The lowest BCUT2D eigenvalue weighted by atomic mass is 10.0. The van der Waals surface area contributed by atoms with Crippen LogP contribution < -0.4 is 0 Å². The molecule has 6 heteroatoms. The SMILES string of the molecule is CCCC1(C)C=C(P(=O)(OCC)OCC)C(=O)O1. The topological polar surface area (TPSA) is 61.8 Å². The summed E-state index contributed by atoms with van der Waals surface area (Å²) >= 11 is 0. The minimum atomic E-state index is -3.54. The van der Waals surface area contributed by atoms with Crippen molar-refractivity contribution in [3.05, 3.63) is 11.4 Å². The molecule has 0 aromatic heterocycles. The van der Waals surface area contributed by atoms with Gasteiger partial charge in [0.25, 0.3) is 0 Å². The maximum absolute atomic E-state index is 12.5. The van der Waals surface area contributed by atoms with Gasteiger partial charge in [-0.25, -0.2) is 4.79 Å². The van der Waals surface area contributed by atoms with Crippen molar-refractivity contribution in [2.75, 3.05) is 13.2 Å². The summed E-state index contributed by atoms with van der Waals surface area (Å²) in [5, 5.41) is 0.0298. The van der Waals surface area contributed by atoms with E-state index in [1.54, 1.807) is 26.8 Å². The van der Waals surface area contributed by atoms with Gasteiger partial charge in [0.2, 0.25) is 0 Å². The van der Waals surface area contributed by atoms with Crippen LogP contribution in [0, 0.1) is 0 Å². The molecule has 1 atom stereocenters. The van der Waals surface area contributed by atoms with E-state index in [-0.39, 0.29) is 18.5 Å². The van der Waals surface area contributed by atoms with Gasteiger partial charge in [0, 0.05) is 0 Å². The third-order valence-corrected chi connectivity index (χ3v) is 4.71. The summed E-state index contributed by atoms with van der Waals surface area (Å²) < 4.78 is 28.1. The summed E-state index contributed by atoms with van der Waals surface area (Å²) in [7, 11) is -3.54. The lowest BCUT2D eigenvalue weighted by Crippen LogP contribution is -2.23. The van der Waals surface area contributed by atoms with Crippen molar-refractivity contribution >= 4 is 13.6 Å². The molecule has 1 aliphatic heterocycles. The molecule has 0 bridgehead atoms. The zero-order valence-electron chi connectivity index (χ0n) is 11.4. The summed E-state index contributed by atoms with van der Waals surface area (Å²) in [6, 6.07) is 0. The highest BCUT2D eigenvalue weighted by atomic mass is 31.2. The third-order valence-electron chi connectivity index (χ3n) is 2.62. The molecule has 0 saturated heterocycles. The first-order chi connectivity index (χ1) is 8.40. The van der Waals surface area contributed by atoms with Gasteiger partial charge in [-0.15, -0.1) is 0 Å². The Morgan fingerprint density at radius 2 is 1.83 bits per heavy atom. The first kappa shape index (κ1) is 15.4. The minimum Gasteiger partial charge on any atom is -0.451 e. The van der Waals surface area contributed by atoms with Crippen LogP contribution in [0.3, 0.4) is 0 Å². The molecular weight excluding hydrogens is 255 g/mol. The molecule has 0 N–H and O–H groups in total. The van der Waals surface area contributed by atoms with Crippen LogP contribution in [-0.4, -0.2) is 24.8 Å². The van der Waals surface area contributed by atoms with E-state index in [1.807, 2.05) is 6.92 Å². The Morgan fingerprint density at radius 1 is 1.28 bits per heavy atom. The molecule has 1 rings (SSSR count). The van der Waals surface area contributed by atoms with Crippen molar-refractivity contribution in [2.24, 2.45) is 0 Å². The Labute approximate surface area is 108 Å². The molecule has 0 radical (unpaired) electrons. The summed E-state index contributed by atoms with van der Waals surface area (Å²) in [5.41, 5.74) is -0.703. The van der Waals surface area contributed by atoms with Gasteiger partial charge in [-0.3, -0.25) is 4.57 Å². The molecule has 0 aromatic carbocycles. The van der Waals surface area contributed by atoms with Gasteiger partial charge in [-0.2, -0.15) is 0 Å². The number of ether oxygens (including phenoxy) is 1. The highest BCUT2D eigenvalue weighted by Crippen LogP contribution is 2.59. The van der Waals surface area contributed by atoms with E-state index in [0.29, 0.717) is 6.42 Å². The monoisotopic (exact) mass is 276 g/mol. The van der Waals surface area contributed by atoms with Crippen molar-refractivity contribution in [1.82, 2.24) is 0 Å². The predicted molar refractivity (Wildman–Crippen MR) is 68.3 cm³/mol. The molecular formula is C12H21O5P. The molecule has 0 aromatic rings. The molecule has 1 aliphatic rings. The van der Waals surface area contributed by atoms with E-state index < -0.39 is 19.2 Å². The van der Waals surface area contributed by atoms with Gasteiger partial charge < -0.3 is 13.8 Å². The van der Waals surface area contributed by atoms with E-state index in [4.69, 9.17) is 13.8 Å². The zero-order valence-corrected chi connectivity index (χ0v) is 12.3. The van der Waals surface area contributed by atoms with E-state index >= 15 is 0 Å². The molecule has 0 fully saturated rings. The average molecular weight is 276 g/mol. The second-order valence-electron chi connectivity index (χ2n) is 4.31. The second-order valence-corrected chi connectivity index (χ2v) is 6.31. The molecule has 0 aliphatic carbocycles. The van der Waals surface area contributed by atoms with Crippen LogP contribution in [0.5, 0.6) is 0 Å². The zero-order chi connectivity index (χ0) is 13.8. The summed E-state index contributed by atoms with van der Waals surface area (Å²) in [5.74, 6) is -0.601. The Bertz CT molecular complexity index is 380. The third kappa shape index (κ3) is 3.22. The second kappa shape index (κ2) is 6.00. The number of carbonyl (C=O) groups excluding carboxylic acids is 1. The Balaban J connectivity index is 3.05. The van der Waals surface area contributed by atoms with Gasteiger partial charge in [0.05, 0.1) is 13.2 Å². The van der Waals surface area contributed by atoms with Crippen LogP contribution in [-0.2, 0) is 23.1 Å². The normalized spacial score (nSPS) is 24.0. The van der Waals surface area contributed by atoms with Crippen LogP contribution in [0.4, 0.5) is 0 Å². The molecule has 104 valence electrons. The smallest absolute Gasteiger partial charge is 0.368 e. The first-order valence-electron chi connectivity index (χ1n) is 6.26. The van der Waals surface area contributed by atoms with E-state index in [9.17, 15) is 9.36 Å². The summed E-state index contributed by atoms with van der Waals surface area (Å²) in [4.78, 5) is 11.8. The molecule has 5 nitrogen and oxygen atoms in total. The van der Waals surface area contributed by atoms with Crippen LogP contribution in [0.2, 0.25) is 0 Å². The number of hydrogen-bond acceptors (Lipinski definition) is 5. The Hall–Kier alpha value is -0.640. The summed E-state index contributed by atoms with van der Waals surface area (Å²) in [6.45, 7) is 7.63. The van der Waals surface area contributed by atoms with Gasteiger partial charge in [0.1, 0.15) is 10.9 Å². The first-order valence-corrected chi connectivity index (χ1v) is 7.81. The van der Waals surface area contributed by atoms with Gasteiger partial charge in [-0.1, -0.05) is 13.3 Å². The largest absolute Gasteiger partial charge is 0.451 e. The van der Waals surface area contributed by atoms with E-state index in [1.165, 1.54) is 0 Å². The Kier molecular flexibility index (Phi) is 5.14. The maximum atomic E-state index is 12.5. The van der Waals surface area contributed by atoms with Gasteiger partial charge in [0.15, 0.2) is 0 Å². The van der Waals surface area contributed by atoms with Crippen LogP contribution in [0.25, 0.3) is 0 Å². The summed E-state index contributed by atoms with van der Waals surface area (Å²) in [6.07, 6.45) is 3.13. The van der Waals surface area contributed by atoms with Crippen molar-refractivity contribution in [3.63, 3.8) is 0 Å². The fraction of sp³-hybridized carbons (Fsp3) is 0.750. The van der Waals surface area contributed by atoms with Crippen molar-refractivity contribution in [2.45, 2.75) is 46.1 Å². The van der Waals surface area contributed by atoms with E-state index in [2.05, 4.69) is 0 Å². The quantitative estimate of drug-likeness (QED) is 0.527. The number of esters is 1. The average Bonchev–Trinajstić information content (AvgIpc) is 2.56. The number of cyclic esters (lactones) is 1. The van der Waals surface area contributed by atoms with Crippen molar-refractivity contribution in [3.8, 4) is 0 Å². The minimum absolute atomic E-state index is 0.0298. The molecule has 0 amide bonds. The van der Waals surface area contributed by atoms with Crippen LogP contribution in [0.15, 0.2) is 11.4 Å². The molecule has 18 heavy (non-hydrogen) atoms. The van der Waals surface area contributed by atoms with Crippen molar-refractivity contribution < 1.29 is 23.1 Å². The predicted octanol–water partition coefficient (Wildman–Crippen LogP) is 3.25. The Morgan fingerprint density at radius 3 is 2.28 bits per heavy atom. The highest BCUT2D eigenvalue weighted by molar-refractivity contribution is 7.60. The van der Waals surface area contributed by atoms with Crippen molar-refractivity contribution in [1.29, 1.82) is 0 Å². The molecule has 1 unspecified atom stereocenters. The number of carbonyl (C=O) groups is 1. The fourth-order valence-corrected chi connectivity index (χ4v) is 3.70.